The van der Waals surface area contributed by atoms with E-state index in [1.807, 2.05) is 0 Å². The molecule has 0 aliphatic carbocycles. The molecule has 0 saturated carbocycles. The highest BCUT2D eigenvalue weighted by molar-refractivity contribution is 6.31. The van der Waals surface area contributed by atoms with Crippen molar-refractivity contribution in [1.29, 1.82) is 0 Å². The van der Waals surface area contributed by atoms with Crippen molar-refractivity contribution in [1.82, 2.24) is 15.2 Å². The standard InChI is InChI=1S/C15H11ClN4O2/c16-10-3-6-13(21)12(7-10)15(22)19-11-4-1-9(2-5-11)14-17-8-18-20-14/h1-8,21H,(H,19,22)(H,17,18,20). The summed E-state index contributed by atoms with van der Waals surface area (Å²) in [6.07, 6.45) is 1.42. The van der Waals surface area contributed by atoms with Crippen molar-refractivity contribution in [2.75, 3.05) is 5.32 Å². The largest absolute Gasteiger partial charge is 0.507 e. The quantitative estimate of drug-likeness (QED) is 0.693. The van der Waals surface area contributed by atoms with Crippen LogP contribution in [0.1, 0.15) is 10.4 Å². The van der Waals surface area contributed by atoms with Gasteiger partial charge in [0.1, 0.15) is 12.1 Å². The third kappa shape index (κ3) is 2.91. The Kier molecular flexibility index (Phi) is 3.76. The minimum atomic E-state index is -0.438. The Balaban J connectivity index is 1.78. The lowest BCUT2D eigenvalue weighted by atomic mass is 10.1. The monoisotopic (exact) mass is 314 g/mol. The molecule has 3 rings (SSSR count). The van der Waals surface area contributed by atoms with E-state index in [9.17, 15) is 9.90 Å². The third-order valence-electron chi connectivity index (χ3n) is 3.03. The molecule has 0 unspecified atom stereocenters. The Morgan fingerprint density at radius 3 is 2.64 bits per heavy atom. The molecule has 1 amide bonds. The van der Waals surface area contributed by atoms with Gasteiger partial charge < -0.3 is 10.4 Å². The molecule has 0 radical (unpaired) electrons. The first-order chi connectivity index (χ1) is 10.6. The number of halogens is 1. The molecule has 1 aromatic heterocycles. The van der Waals surface area contributed by atoms with Gasteiger partial charge in [0, 0.05) is 16.3 Å². The van der Waals surface area contributed by atoms with E-state index in [4.69, 9.17) is 11.6 Å². The molecule has 110 valence electrons. The predicted molar refractivity (Wildman–Crippen MR) is 82.9 cm³/mol. The summed E-state index contributed by atoms with van der Waals surface area (Å²) < 4.78 is 0. The van der Waals surface area contributed by atoms with Gasteiger partial charge in [-0.15, -0.1) is 0 Å². The molecule has 1 heterocycles. The zero-order chi connectivity index (χ0) is 15.5. The third-order valence-corrected chi connectivity index (χ3v) is 3.27. The van der Waals surface area contributed by atoms with Crippen LogP contribution in [0.15, 0.2) is 48.8 Å². The van der Waals surface area contributed by atoms with Crippen LogP contribution in [-0.2, 0) is 0 Å². The van der Waals surface area contributed by atoms with Gasteiger partial charge in [0.15, 0.2) is 5.82 Å². The number of amides is 1. The molecule has 0 saturated heterocycles. The van der Waals surface area contributed by atoms with Crippen molar-refractivity contribution in [2.45, 2.75) is 0 Å². The summed E-state index contributed by atoms with van der Waals surface area (Å²) in [5.74, 6) is 0.0814. The summed E-state index contributed by atoms with van der Waals surface area (Å²) in [6, 6.07) is 11.4. The molecule has 2 aromatic carbocycles. The van der Waals surface area contributed by atoms with E-state index >= 15 is 0 Å². The van der Waals surface area contributed by atoms with E-state index in [-0.39, 0.29) is 11.3 Å². The van der Waals surface area contributed by atoms with E-state index < -0.39 is 5.91 Å². The summed E-state index contributed by atoms with van der Waals surface area (Å²) in [7, 11) is 0. The SMILES string of the molecule is O=C(Nc1ccc(-c2ncn[nH]2)cc1)c1cc(Cl)ccc1O. The number of hydrogen-bond acceptors (Lipinski definition) is 4. The molecule has 0 bridgehead atoms. The number of nitrogens with one attached hydrogen (secondary N) is 2. The van der Waals surface area contributed by atoms with Crippen LogP contribution in [0.3, 0.4) is 0 Å². The molecule has 0 aliphatic heterocycles. The van der Waals surface area contributed by atoms with Crippen LogP contribution in [0.25, 0.3) is 11.4 Å². The number of rotatable bonds is 3. The van der Waals surface area contributed by atoms with E-state index in [0.29, 0.717) is 16.5 Å². The maximum absolute atomic E-state index is 12.1. The highest BCUT2D eigenvalue weighted by Crippen LogP contribution is 2.23. The first-order valence-corrected chi connectivity index (χ1v) is 6.77. The predicted octanol–water partition coefficient (Wildman–Crippen LogP) is 3.08. The number of nitrogens with zero attached hydrogens (tertiary/aromatic N) is 2. The van der Waals surface area contributed by atoms with Crippen LogP contribution in [0.4, 0.5) is 5.69 Å². The zero-order valence-corrected chi connectivity index (χ0v) is 12.0. The fraction of sp³-hybridized carbons (Fsp3) is 0. The number of aromatic nitrogens is 3. The van der Waals surface area contributed by atoms with Gasteiger partial charge in [-0.2, -0.15) is 5.10 Å². The fourth-order valence-electron chi connectivity index (χ4n) is 1.94. The Hall–Kier alpha value is -2.86. The number of hydrogen-bond donors (Lipinski definition) is 3. The van der Waals surface area contributed by atoms with Crippen molar-refractivity contribution in [3.05, 3.63) is 59.4 Å². The molecule has 3 aromatic rings. The van der Waals surface area contributed by atoms with Crippen molar-refractivity contribution < 1.29 is 9.90 Å². The Labute approximate surface area is 130 Å². The second kappa shape index (κ2) is 5.87. The minimum absolute atomic E-state index is 0.117. The Bertz CT molecular complexity index is 801. The minimum Gasteiger partial charge on any atom is -0.507 e. The normalized spacial score (nSPS) is 10.4. The van der Waals surface area contributed by atoms with Crippen LogP contribution < -0.4 is 5.32 Å². The number of aromatic hydroxyl groups is 1. The summed E-state index contributed by atoms with van der Waals surface area (Å²) in [5, 5.41) is 19.3. The van der Waals surface area contributed by atoms with Crippen LogP contribution in [-0.4, -0.2) is 26.2 Å². The topological polar surface area (TPSA) is 90.9 Å². The molecule has 6 nitrogen and oxygen atoms in total. The Morgan fingerprint density at radius 1 is 1.18 bits per heavy atom. The summed E-state index contributed by atoms with van der Waals surface area (Å²) >= 11 is 5.83. The number of H-pyrrole nitrogens is 1. The van der Waals surface area contributed by atoms with Crippen molar-refractivity contribution in [2.24, 2.45) is 0 Å². The number of aromatic amines is 1. The Morgan fingerprint density at radius 2 is 1.95 bits per heavy atom. The van der Waals surface area contributed by atoms with Crippen molar-refractivity contribution >= 4 is 23.2 Å². The molecular weight excluding hydrogens is 304 g/mol. The van der Waals surface area contributed by atoms with Crippen molar-refractivity contribution in [3.8, 4) is 17.1 Å². The van der Waals surface area contributed by atoms with Gasteiger partial charge in [-0.3, -0.25) is 9.89 Å². The van der Waals surface area contributed by atoms with Gasteiger partial charge in [-0.1, -0.05) is 11.6 Å². The zero-order valence-electron chi connectivity index (χ0n) is 11.2. The van der Waals surface area contributed by atoms with Gasteiger partial charge in [0.05, 0.1) is 5.56 Å². The molecule has 7 heteroatoms. The van der Waals surface area contributed by atoms with E-state index in [2.05, 4.69) is 20.5 Å². The van der Waals surface area contributed by atoms with Crippen LogP contribution in [0, 0.1) is 0 Å². The van der Waals surface area contributed by atoms with Gasteiger partial charge in [-0.25, -0.2) is 4.98 Å². The smallest absolute Gasteiger partial charge is 0.259 e. The van der Waals surface area contributed by atoms with Gasteiger partial charge in [-0.05, 0) is 42.5 Å². The van der Waals surface area contributed by atoms with Gasteiger partial charge in [0.2, 0.25) is 0 Å². The number of carbonyl (C=O) groups excluding carboxylic acids is 1. The van der Waals surface area contributed by atoms with E-state index in [1.54, 1.807) is 24.3 Å². The molecule has 0 aliphatic rings. The second-order valence-corrected chi connectivity index (χ2v) is 4.96. The van der Waals surface area contributed by atoms with Gasteiger partial charge in [0.25, 0.3) is 5.91 Å². The molecule has 22 heavy (non-hydrogen) atoms. The van der Waals surface area contributed by atoms with Crippen LogP contribution in [0.2, 0.25) is 5.02 Å². The molecule has 0 atom stereocenters. The molecule has 3 N–H and O–H groups in total. The van der Waals surface area contributed by atoms with Crippen LogP contribution in [0.5, 0.6) is 5.75 Å². The number of phenols is 1. The number of anilines is 1. The maximum Gasteiger partial charge on any atom is 0.259 e. The second-order valence-electron chi connectivity index (χ2n) is 4.53. The lowest BCUT2D eigenvalue weighted by Crippen LogP contribution is -2.12. The number of phenolic OH excluding ortho intramolecular Hbond substituents is 1. The van der Waals surface area contributed by atoms with Gasteiger partial charge >= 0.3 is 0 Å². The lowest BCUT2D eigenvalue weighted by Gasteiger charge is -2.07. The average Bonchev–Trinajstić information content (AvgIpc) is 3.05. The van der Waals surface area contributed by atoms with Crippen LogP contribution >= 0.6 is 11.6 Å². The lowest BCUT2D eigenvalue weighted by molar-refractivity contribution is 0.102. The summed E-state index contributed by atoms with van der Waals surface area (Å²) in [6.45, 7) is 0. The highest BCUT2D eigenvalue weighted by atomic mass is 35.5. The van der Waals surface area contributed by atoms with Crippen molar-refractivity contribution in [3.63, 3.8) is 0 Å². The first kappa shape index (κ1) is 14.1. The molecular formula is C15H11ClN4O2. The summed E-state index contributed by atoms with van der Waals surface area (Å²) in [5.41, 5.74) is 1.56. The number of benzene rings is 2. The number of carbonyl (C=O) groups is 1. The van der Waals surface area contributed by atoms with E-state index in [1.165, 1.54) is 24.5 Å². The highest BCUT2D eigenvalue weighted by Gasteiger charge is 2.12. The average molecular weight is 315 g/mol. The first-order valence-electron chi connectivity index (χ1n) is 6.39. The molecule has 0 fully saturated rings. The molecule has 0 spiro atoms. The summed E-state index contributed by atoms with van der Waals surface area (Å²) in [4.78, 5) is 16.2. The maximum atomic E-state index is 12.1. The van der Waals surface area contributed by atoms with E-state index in [0.717, 1.165) is 5.56 Å². The fourth-order valence-corrected chi connectivity index (χ4v) is 2.12.